The van der Waals surface area contributed by atoms with E-state index in [-0.39, 0.29) is 5.84 Å². The topological polar surface area (TPSA) is 79.9 Å². The fourth-order valence-corrected chi connectivity index (χ4v) is 1.83. The average Bonchev–Trinajstić information content (AvgIpc) is 2.43. The molecule has 106 valence electrons. The maximum Gasteiger partial charge on any atom is 0.170 e. The van der Waals surface area contributed by atoms with Gasteiger partial charge in [-0.25, -0.2) is 0 Å². The molecule has 0 amide bonds. The fraction of sp³-hybridized carbons (Fsp3) is 0.500. The zero-order valence-corrected chi connectivity index (χ0v) is 11.6. The van der Waals surface area contributed by atoms with Gasteiger partial charge in [0.2, 0.25) is 0 Å². The molecule has 0 aliphatic heterocycles. The highest BCUT2D eigenvalue weighted by Gasteiger charge is 2.03. The van der Waals surface area contributed by atoms with Gasteiger partial charge in [-0.1, -0.05) is 17.3 Å². The Morgan fingerprint density at radius 2 is 2.21 bits per heavy atom. The van der Waals surface area contributed by atoms with E-state index in [1.807, 2.05) is 25.1 Å². The summed E-state index contributed by atoms with van der Waals surface area (Å²) in [5.74, 6) is 0.141. The molecule has 0 bridgehead atoms. The SMILES string of the molecule is COCCCCNCc1ccc(/C(N)=N/O)cc1C. The molecule has 0 fully saturated rings. The maximum atomic E-state index is 8.63. The second-order valence-electron chi connectivity index (χ2n) is 4.50. The van der Waals surface area contributed by atoms with Crippen molar-refractivity contribution < 1.29 is 9.94 Å². The summed E-state index contributed by atoms with van der Waals surface area (Å²) < 4.78 is 5.00. The first-order valence-electron chi connectivity index (χ1n) is 6.46. The lowest BCUT2D eigenvalue weighted by Gasteiger charge is -2.09. The van der Waals surface area contributed by atoms with Crippen LogP contribution in [0.25, 0.3) is 0 Å². The number of methoxy groups -OCH3 is 1. The van der Waals surface area contributed by atoms with Gasteiger partial charge in [-0.05, 0) is 43.5 Å². The maximum absolute atomic E-state index is 8.63. The molecule has 0 aromatic heterocycles. The number of benzene rings is 1. The van der Waals surface area contributed by atoms with Crippen LogP contribution in [0.5, 0.6) is 0 Å². The minimum absolute atomic E-state index is 0.141. The Labute approximate surface area is 114 Å². The minimum atomic E-state index is 0.141. The van der Waals surface area contributed by atoms with E-state index in [4.69, 9.17) is 15.7 Å². The van der Waals surface area contributed by atoms with E-state index in [0.717, 1.165) is 43.7 Å². The first-order chi connectivity index (χ1) is 9.19. The van der Waals surface area contributed by atoms with Crippen LogP contribution in [0.4, 0.5) is 0 Å². The number of nitrogens with one attached hydrogen (secondary N) is 1. The molecule has 4 N–H and O–H groups in total. The Balaban J connectivity index is 2.43. The predicted molar refractivity (Wildman–Crippen MR) is 76.5 cm³/mol. The lowest BCUT2D eigenvalue weighted by atomic mass is 10.0. The standard InChI is InChI=1S/C14H23N3O2/c1-11-9-12(14(15)17-18)5-6-13(11)10-16-7-3-4-8-19-2/h5-6,9,16,18H,3-4,7-8,10H2,1-2H3,(H2,15,17). The molecule has 0 aliphatic rings. The van der Waals surface area contributed by atoms with Crippen molar-refractivity contribution in [3.05, 3.63) is 34.9 Å². The number of nitrogens with two attached hydrogens (primary N) is 1. The third-order valence-electron chi connectivity index (χ3n) is 3.01. The van der Waals surface area contributed by atoms with Gasteiger partial charge in [0.25, 0.3) is 0 Å². The number of unbranched alkanes of at least 4 members (excludes halogenated alkanes) is 1. The van der Waals surface area contributed by atoms with Crippen LogP contribution in [-0.4, -0.2) is 31.3 Å². The Morgan fingerprint density at radius 1 is 1.42 bits per heavy atom. The third kappa shape index (κ3) is 5.28. The van der Waals surface area contributed by atoms with E-state index in [9.17, 15) is 0 Å². The molecular formula is C14H23N3O2. The second kappa shape index (κ2) is 8.50. The zero-order valence-electron chi connectivity index (χ0n) is 11.6. The van der Waals surface area contributed by atoms with Crippen LogP contribution in [0, 0.1) is 6.92 Å². The van der Waals surface area contributed by atoms with Gasteiger partial charge in [-0.3, -0.25) is 0 Å². The smallest absolute Gasteiger partial charge is 0.170 e. The first kappa shape index (κ1) is 15.5. The van der Waals surface area contributed by atoms with E-state index >= 15 is 0 Å². The van der Waals surface area contributed by atoms with Gasteiger partial charge < -0.3 is 21.0 Å². The number of rotatable bonds is 8. The van der Waals surface area contributed by atoms with Gasteiger partial charge in [0.1, 0.15) is 0 Å². The van der Waals surface area contributed by atoms with Gasteiger partial charge in [-0.15, -0.1) is 0 Å². The Morgan fingerprint density at radius 3 is 2.84 bits per heavy atom. The molecule has 0 unspecified atom stereocenters. The molecule has 0 saturated carbocycles. The summed E-state index contributed by atoms with van der Waals surface area (Å²) in [4.78, 5) is 0. The molecule has 5 heteroatoms. The van der Waals surface area contributed by atoms with E-state index in [1.165, 1.54) is 5.56 Å². The number of ether oxygens (including phenoxy) is 1. The lowest BCUT2D eigenvalue weighted by Crippen LogP contribution is -2.17. The predicted octanol–water partition coefficient (Wildman–Crippen LogP) is 1.61. The van der Waals surface area contributed by atoms with Crippen LogP contribution < -0.4 is 11.1 Å². The number of nitrogens with zero attached hydrogens (tertiary/aromatic N) is 1. The molecule has 19 heavy (non-hydrogen) atoms. The first-order valence-corrected chi connectivity index (χ1v) is 6.46. The van der Waals surface area contributed by atoms with Crippen LogP contribution in [0.15, 0.2) is 23.4 Å². The van der Waals surface area contributed by atoms with Crippen molar-refractivity contribution in [3.8, 4) is 0 Å². The fourth-order valence-electron chi connectivity index (χ4n) is 1.83. The average molecular weight is 265 g/mol. The molecule has 0 spiro atoms. The van der Waals surface area contributed by atoms with Crippen LogP contribution in [-0.2, 0) is 11.3 Å². The van der Waals surface area contributed by atoms with Gasteiger partial charge in [0, 0.05) is 25.8 Å². The molecule has 0 atom stereocenters. The lowest BCUT2D eigenvalue weighted by molar-refractivity contribution is 0.192. The van der Waals surface area contributed by atoms with Crippen LogP contribution in [0.1, 0.15) is 29.5 Å². The van der Waals surface area contributed by atoms with E-state index in [1.54, 1.807) is 7.11 Å². The molecule has 1 aromatic carbocycles. The minimum Gasteiger partial charge on any atom is -0.409 e. The summed E-state index contributed by atoms with van der Waals surface area (Å²) >= 11 is 0. The van der Waals surface area contributed by atoms with Crippen molar-refractivity contribution in [2.75, 3.05) is 20.3 Å². The number of hydrogen-bond donors (Lipinski definition) is 3. The Kier molecular flexibility index (Phi) is 6.92. The van der Waals surface area contributed by atoms with Gasteiger partial charge in [0.15, 0.2) is 5.84 Å². The molecule has 0 radical (unpaired) electrons. The summed E-state index contributed by atoms with van der Waals surface area (Å²) in [5, 5.41) is 15.0. The number of hydrogen-bond acceptors (Lipinski definition) is 4. The summed E-state index contributed by atoms with van der Waals surface area (Å²) in [5.41, 5.74) is 8.65. The summed E-state index contributed by atoms with van der Waals surface area (Å²) in [6, 6.07) is 5.80. The highest BCUT2D eigenvalue weighted by atomic mass is 16.5. The number of amidine groups is 1. The van der Waals surface area contributed by atoms with Crippen molar-refractivity contribution in [3.63, 3.8) is 0 Å². The zero-order chi connectivity index (χ0) is 14.1. The monoisotopic (exact) mass is 265 g/mol. The van der Waals surface area contributed by atoms with E-state index < -0.39 is 0 Å². The summed E-state index contributed by atoms with van der Waals surface area (Å²) in [6.45, 7) is 4.64. The van der Waals surface area contributed by atoms with Crippen LogP contribution in [0.2, 0.25) is 0 Å². The van der Waals surface area contributed by atoms with E-state index in [0.29, 0.717) is 0 Å². The van der Waals surface area contributed by atoms with Crippen molar-refractivity contribution >= 4 is 5.84 Å². The molecule has 1 aromatic rings. The molecule has 5 nitrogen and oxygen atoms in total. The van der Waals surface area contributed by atoms with Crippen molar-refractivity contribution in [2.45, 2.75) is 26.3 Å². The molecular weight excluding hydrogens is 242 g/mol. The largest absolute Gasteiger partial charge is 0.409 e. The van der Waals surface area contributed by atoms with E-state index in [2.05, 4.69) is 10.5 Å². The number of oxime groups is 1. The Hall–Kier alpha value is -1.59. The summed E-state index contributed by atoms with van der Waals surface area (Å²) in [6.07, 6.45) is 2.18. The molecule has 0 aliphatic carbocycles. The summed E-state index contributed by atoms with van der Waals surface area (Å²) in [7, 11) is 1.72. The van der Waals surface area contributed by atoms with Crippen LogP contribution >= 0.6 is 0 Å². The quantitative estimate of drug-likeness (QED) is 0.219. The second-order valence-corrected chi connectivity index (χ2v) is 4.50. The highest BCUT2D eigenvalue weighted by molar-refractivity contribution is 5.97. The van der Waals surface area contributed by atoms with Crippen molar-refractivity contribution in [2.24, 2.45) is 10.9 Å². The van der Waals surface area contributed by atoms with Crippen LogP contribution in [0.3, 0.4) is 0 Å². The molecule has 0 heterocycles. The number of aryl methyl sites for hydroxylation is 1. The van der Waals surface area contributed by atoms with Gasteiger partial charge in [-0.2, -0.15) is 0 Å². The van der Waals surface area contributed by atoms with Crippen molar-refractivity contribution in [1.82, 2.24) is 5.32 Å². The molecule has 1 rings (SSSR count). The Bertz CT molecular complexity index is 419. The highest BCUT2D eigenvalue weighted by Crippen LogP contribution is 2.11. The van der Waals surface area contributed by atoms with Gasteiger partial charge in [0.05, 0.1) is 0 Å². The van der Waals surface area contributed by atoms with Crippen molar-refractivity contribution in [1.29, 1.82) is 0 Å². The van der Waals surface area contributed by atoms with Gasteiger partial charge >= 0.3 is 0 Å². The third-order valence-corrected chi connectivity index (χ3v) is 3.01. The normalized spacial score (nSPS) is 11.8. The molecule has 0 saturated heterocycles.